The maximum atomic E-state index is 12.0. The van der Waals surface area contributed by atoms with Crippen LogP contribution in [-0.4, -0.2) is 65.3 Å². The monoisotopic (exact) mass is 385 g/mol. The molecule has 0 aromatic carbocycles. The summed E-state index contributed by atoms with van der Waals surface area (Å²) in [5.41, 5.74) is 0.863. The molecule has 1 amide bonds. The molecule has 8 nitrogen and oxygen atoms in total. The summed E-state index contributed by atoms with van der Waals surface area (Å²) in [6.45, 7) is 5.51. The van der Waals surface area contributed by atoms with E-state index >= 15 is 0 Å². The Bertz CT molecular complexity index is 777. The predicted octanol–water partition coefficient (Wildman–Crippen LogP) is 2.47. The summed E-state index contributed by atoms with van der Waals surface area (Å²) >= 11 is 0. The van der Waals surface area contributed by atoms with Crippen molar-refractivity contribution < 1.29 is 14.1 Å². The number of ether oxygens (including phenoxy) is 1. The number of nitrogens with zero attached hydrogens (tertiary/aromatic N) is 5. The molecule has 2 aromatic heterocycles. The van der Waals surface area contributed by atoms with Gasteiger partial charge in [0.2, 0.25) is 17.6 Å². The molecule has 0 bridgehead atoms. The molecule has 2 aliphatic rings. The van der Waals surface area contributed by atoms with E-state index in [1.165, 1.54) is 12.8 Å². The van der Waals surface area contributed by atoms with Crippen LogP contribution in [0.2, 0.25) is 0 Å². The Balaban J connectivity index is 1.34. The molecule has 0 spiro atoms. The van der Waals surface area contributed by atoms with Gasteiger partial charge in [0.15, 0.2) is 0 Å². The van der Waals surface area contributed by atoms with Crippen LogP contribution in [-0.2, 0) is 9.53 Å². The van der Waals surface area contributed by atoms with Gasteiger partial charge in [0.05, 0.1) is 0 Å². The summed E-state index contributed by atoms with van der Waals surface area (Å²) in [6, 6.07) is 3.97. The summed E-state index contributed by atoms with van der Waals surface area (Å²) in [5.74, 6) is 2.73. The standard InChI is InChI=1S/C20H27N5O3/c1-2-27-14-18(26)25-11-9-24(10-12-25)17-8-7-16(13-21-17)19-22-20(28-23-19)15-5-3-4-6-15/h7-8,13,15H,2-6,9-12,14H2,1H3. The second-order valence-electron chi connectivity index (χ2n) is 7.35. The molecular weight excluding hydrogens is 358 g/mol. The lowest BCUT2D eigenvalue weighted by atomic mass is 10.1. The van der Waals surface area contributed by atoms with E-state index in [0.717, 1.165) is 43.2 Å². The minimum Gasteiger partial charge on any atom is -0.372 e. The van der Waals surface area contributed by atoms with Crippen molar-refractivity contribution in [3.05, 3.63) is 24.2 Å². The van der Waals surface area contributed by atoms with Crippen LogP contribution in [0.15, 0.2) is 22.9 Å². The van der Waals surface area contributed by atoms with E-state index in [9.17, 15) is 4.79 Å². The lowest BCUT2D eigenvalue weighted by molar-refractivity contribution is -0.136. The average Bonchev–Trinajstić information content (AvgIpc) is 3.44. The van der Waals surface area contributed by atoms with Gasteiger partial charge in [-0.05, 0) is 31.9 Å². The molecule has 8 heteroatoms. The summed E-state index contributed by atoms with van der Waals surface area (Å²) < 4.78 is 10.7. The molecule has 1 saturated carbocycles. The van der Waals surface area contributed by atoms with Crippen molar-refractivity contribution in [1.29, 1.82) is 0 Å². The first-order valence-corrected chi connectivity index (χ1v) is 10.1. The minimum absolute atomic E-state index is 0.0555. The quantitative estimate of drug-likeness (QED) is 0.755. The van der Waals surface area contributed by atoms with Crippen molar-refractivity contribution in [3.63, 3.8) is 0 Å². The summed E-state index contributed by atoms with van der Waals surface area (Å²) in [6.07, 6.45) is 6.55. The number of hydrogen-bond donors (Lipinski definition) is 0. The minimum atomic E-state index is 0.0555. The maximum absolute atomic E-state index is 12.0. The molecule has 0 N–H and O–H groups in total. The van der Waals surface area contributed by atoms with E-state index in [4.69, 9.17) is 9.26 Å². The summed E-state index contributed by atoms with van der Waals surface area (Å²) in [4.78, 5) is 25.2. The van der Waals surface area contributed by atoms with E-state index in [0.29, 0.717) is 31.4 Å². The zero-order chi connectivity index (χ0) is 19.3. The second-order valence-corrected chi connectivity index (χ2v) is 7.35. The van der Waals surface area contributed by atoms with E-state index in [1.807, 2.05) is 24.0 Å². The Hall–Kier alpha value is -2.48. The third kappa shape index (κ3) is 4.16. The molecule has 0 atom stereocenters. The van der Waals surface area contributed by atoms with Crippen LogP contribution in [0.5, 0.6) is 0 Å². The normalized spacial score (nSPS) is 18.0. The number of carbonyl (C=O) groups is 1. The van der Waals surface area contributed by atoms with Crippen molar-refractivity contribution in [2.75, 3.05) is 44.3 Å². The molecule has 1 aliphatic heterocycles. The number of carbonyl (C=O) groups excluding carboxylic acids is 1. The van der Waals surface area contributed by atoms with Crippen molar-refractivity contribution in [2.24, 2.45) is 0 Å². The van der Waals surface area contributed by atoms with Crippen molar-refractivity contribution in [1.82, 2.24) is 20.0 Å². The van der Waals surface area contributed by atoms with E-state index in [2.05, 4.69) is 20.0 Å². The van der Waals surface area contributed by atoms with E-state index in [-0.39, 0.29) is 12.5 Å². The predicted molar refractivity (Wildman–Crippen MR) is 104 cm³/mol. The molecule has 3 heterocycles. The van der Waals surface area contributed by atoms with Crippen LogP contribution in [0.25, 0.3) is 11.4 Å². The van der Waals surface area contributed by atoms with E-state index in [1.54, 1.807) is 6.20 Å². The molecule has 28 heavy (non-hydrogen) atoms. The highest BCUT2D eigenvalue weighted by Gasteiger charge is 2.24. The van der Waals surface area contributed by atoms with Crippen LogP contribution >= 0.6 is 0 Å². The molecule has 1 saturated heterocycles. The molecule has 1 aliphatic carbocycles. The number of pyridine rings is 1. The Labute approximate surface area is 164 Å². The Morgan fingerprint density at radius 3 is 2.68 bits per heavy atom. The Morgan fingerprint density at radius 2 is 2.00 bits per heavy atom. The Kier molecular flexibility index (Phi) is 5.85. The average molecular weight is 385 g/mol. The van der Waals surface area contributed by atoms with E-state index < -0.39 is 0 Å². The molecule has 0 unspecified atom stereocenters. The van der Waals surface area contributed by atoms with Crippen LogP contribution in [0.3, 0.4) is 0 Å². The largest absolute Gasteiger partial charge is 0.372 e. The van der Waals surface area contributed by atoms with Crippen LogP contribution in [0, 0.1) is 0 Å². The SMILES string of the molecule is CCOCC(=O)N1CCN(c2ccc(-c3noc(C4CCCC4)n3)cn2)CC1. The number of rotatable bonds is 6. The van der Waals surface area contributed by atoms with Gasteiger partial charge in [0.25, 0.3) is 0 Å². The zero-order valence-electron chi connectivity index (χ0n) is 16.3. The third-order valence-electron chi connectivity index (χ3n) is 5.54. The topological polar surface area (TPSA) is 84.6 Å². The van der Waals surface area contributed by atoms with Crippen molar-refractivity contribution in [3.8, 4) is 11.4 Å². The van der Waals surface area contributed by atoms with Crippen LogP contribution in [0.1, 0.15) is 44.4 Å². The second kappa shape index (κ2) is 8.68. The van der Waals surface area contributed by atoms with Crippen LogP contribution < -0.4 is 4.90 Å². The summed E-state index contributed by atoms with van der Waals surface area (Å²) in [7, 11) is 0. The van der Waals surface area contributed by atoms with Gasteiger partial charge < -0.3 is 19.1 Å². The molecule has 4 rings (SSSR count). The van der Waals surface area contributed by atoms with Gasteiger partial charge in [0, 0.05) is 50.5 Å². The highest BCUT2D eigenvalue weighted by Crippen LogP contribution is 2.33. The first-order valence-electron chi connectivity index (χ1n) is 10.1. The fourth-order valence-corrected chi connectivity index (χ4v) is 3.86. The fourth-order valence-electron chi connectivity index (χ4n) is 3.86. The van der Waals surface area contributed by atoms with Gasteiger partial charge in [-0.15, -0.1) is 0 Å². The van der Waals surface area contributed by atoms with Gasteiger partial charge in [-0.1, -0.05) is 18.0 Å². The van der Waals surface area contributed by atoms with Gasteiger partial charge in [-0.3, -0.25) is 4.79 Å². The number of anilines is 1. The number of aromatic nitrogens is 3. The highest BCUT2D eigenvalue weighted by atomic mass is 16.5. The number of amides is 1. The molecule has 0 radical (unpaired) electrons. The Morgan fingerprint density at radius 1 is 1.21 bits per heavy atom. The maximum Gasteiger partial charge on any atom is 0.248 e. The fraction of sp³-hybridized carbons (Fsp3) is 0.600. The number of hydrogen-bond acceptors (Lipinski definition) is 7. The van der Waals surface area contributed by atoms with Gasteiger partial charge in [-0.25, -0.2) is 4.98 Å². The molecule has 2 aromatic rings. The summed E-state index contributed by atoms with van der Waals surface area (Å²) in [5, 5.41) is 4.13. The van der Waals surface area contributed by atoms with Crippen molar-refractivity contribution >= 4 is 11.7 Å². The van der Waals surface area contributed by atoms with Crippen molar-refractivity contribution in [2.45, 2.75) is 38.5 Å². The first kappa shape index (κ1) is 18.9. The lowest BCUT2D eigenvalue weighted by Crippen LogP contribution is -2.50. The zero-order valence-corrected chi connectivity index (χ0v) is 16.3. The van der Waals surface area contributed by atoms with Gasteiger partial charge >= 0.3 is 0 Å². The molecule has 150 valence electrons. The number of piperazine rings is 1. The van der Waals surface area contributed by atoms with Gasteiger partial charge in [-0.2, -0.15) is 4.98 Å². The lowest BCUT2D eigenvalue weighted by Gasteiger charge is -2.35. The first-order chi connectivity index (χ1) is 13.7. The van der Waals surface area contributed by atoms with Crippen LogP contribution in [0.4, 0.5) is 5.82 Å². The molecule has 2 fully saturated rings. The van der Waals surface area contributed by atoms with Gasteiger partial charge in [0.1, 0.15) is 12.4 Å². The highest BCUT2D eigenvalue weighted by molar-refractivity contribution is 5.77. The molecular formula is C20H27N5O3. The third-order valence-corrected chi connectivity index (χ3v) is 5.54. The smallest absolute Gasteiger partial charge is 0.248 e.